The summed E-state index contributed by atoms with van der Waals surface area (Å²) in [5.41, 5.74) is 1.47. The molecule has 2 rings (SSSR count). The summed E-state index contributed by atoms with van der Waals surface area (Å²) in [5.74, 6) is 0.739. The molecule has 0 aliphatic rings. The van der Waals surface area contributed by atoms with Gasteiger partial charge in [0.15, 0.2) is 10.8 Å². The number of aromatic nitrogens is 3. The van der Waals surface area contributed by atoms with Gasteiger partial charge >= 0.3 is 0 Å². The van der Waals surface area contributed by atoms with Crippen LogP contribution < -0.4 is 5.56 Å². The smallest absolute Gasteiger partial charge is 0.254 e. The Kier molecular flexibility index (Phi) is 2.87. The number of hydrogen-bond donors (Lipinski definition) is 1. The van der Waals surface area contributed by atoms with Crippen LogP contribution in [-0.2, 0) is 0 Å². The van der Waals surface area contributed by atoms with Gasteiger partial charge in [0.25, 0.3) is 5.56 Å². The molecule has 0 bridgehead atoms. The lowest BCUT2D eigenvalue weighted by Gasteiger charge is -2.08. The lowest BCUT2D eigenvalue weighted by molar-refractivity contribution is 0.814. The summed E-state index contributed by atoms with van der Waals surface area (Å²) < 4.78 is 0. The Bertz CT molecular complexity index is 543. The van der Waals surface area contributed by atoms with Crippen LogP contribution in [0.4, 0.5) is 0 Å². The zero-order valence-electron chi connectivity index (χ0n) is 9.44. The lowest BCUT2D eigenvalue weighted by atomic mass is 10.0. The van der Waals surface area contributed by atoms with E-state index in [0.29, 0.717) is 5.82 Å². The second-order valence-electron chi connectivity index (χ2n) is 3.91. The van der Waals surface area contributed by atoms with E-state index in [2.05, 4.69) is 15.0 Å². The second kappa shape index (κ2) is 4.17. The molecule has 0 spiro atoms. The Morgan fingerprint density at radius 2 is 2.19 bits per heavy atom. The van der Waals surface area contributed by atoms with Crippen LogP contribution in [0.25, 0.3) is 10.8 Å². The van der Waals surface area contributed by atoms with Crippen LogP contribution in [0.2, 0.25) is 0 Å². The van der Waals surface area contributed by atoms with Gasteiger partial charge in [-0.15, -0.1) is 11.3 Å². The minimum absolute atomic E-state index is 0.0623. The van der Waals surface area contributed by atoms with Crippen molar-refractivity contribution in [3.05, 3.63) is 33.2 Å². The van der Waals surface area contributed by atoms with Gasteiger partial charge in [-0.3, -0.25) is 4.79 Å². The molecule has 16 heavy (non-hydrogen) atoms. The molecule has 0 saturated carbocycles. The molecule has 5 heteroatoms. The zero-order chi connectivity index (χ0) is 11.7. The normalized spacial score (nSPS) is 11.0. The third kappa shape index (κ3) is 1.90. The first kappa shape index (κ1) is 11.0. The number of nitrogens with one attached hydrogen (secondary N) is 1. The summed E-state index contributed by atoms with van der Waals surface area (Å²) in [4.78, 5) is 23.2. The maximum atomic E-state index is 11.9. The standard InChI is InChI=1S/C11H13N3OS/c1-6(2)8-7(3)13-9(14-10(8)15)11-12-4-5-16-11/h4-6H,1-3H3,(H,13,14,15). The number of aromatic amines is 1. The van der Waals surface area contributed by atoms with Gasteiger partial charge in [-0.2, -0.15) is 0 Å². The third-order valence-corrected chi connectivity index (χ3v) is 3.14. The fourth-order valence-corrected chi connectivity index (χ4v) is 2.30. The van der Waals surface area contributed by atoms with Crippen molar-refractivity contribution < 1.29 is 0 Å². The van der Waals surface area contributed by atoms with Gasteiger partial charge in [0, 0.05) is 22.8 Å². The van der Waals surface area contributed by atoms with Gasteiger partial charge in [-0.25, -0.2) is 9.97 Å². The topological polar surface area (TPSA) is 58.6 Å². The van der Waals surface area contributed by atoms with Gasteiger partial charge in [0.1, 0.15) is 0 Å². The highest BCUT2D eigenvalue weighted by Gasteiger charge is 2.13. The van der Waals surface area contributed by atoms with E-state index in [1.165, 1.54) is 11.3 Å². The van der Waals surface area contributed by atoms with Crippen LogP contribution in [0.1, 0.15) is 31.0 Å². The first-order chi connectivity index (χ1) is 7.59. The van der Waals surface area contributed by atoms with E-state index >= 15 is 0 Å². The van der Waals surface area contributed by atoms with Crippen LogP contribution in [0.3, 0.4) is 0 Å². The Morgan fingerprint density at radius 1 is 1.44 bits per heavy atom. The number of hydrogen-bond acceptors (Lipinski definition) is 4. The van der Waals surface area contributed by atoms with Crippen LogP contribution in [-0.4, -0.2) is 15.0 Å². The van der Waals surface area contributed by atoms with Gasteiger partial charge in [0.05, 0.1) is 0 Å². The SMILES string of the molecule is Cc1nc(-c2nccs2)[nH]c(=O)c1C(C)C. The molecule has 0 aliphatic heterocycles. The maximum absolute atomic E-state index is 11.9. The predicted octanol–water partition coefficient (Wildman–Crippen LogP) is 2.33. The van der Waals surface area contributed by atoms with Crippen LogP contribution in [0, 0.1) is 6.92 Å². The summed E-state index contributed by atoms with van der Waals surface area (Å²) >= 11 is 1.46. The molecule has 0 atom stereocenters. The second-order valence-corrected chi connectivity index (χ2v) is 4.80. The van der Waals surface area contributed by atoms with Crippen molar-refractivity contribution >= 4 is 11.3 Å². The lowest BCUT2D eigenvalue weighted by Crippen LogP contribution is -2.18. The quantitative estimate of drug-likeness (QED) is 0.869. The molecule has 0 aromatic carbocycles. The largest absolute Gasteiger partial charge is 0.304 e. The Labute approximate surface area is 97.4 Å². The molecule has 0 amide bonds. The molecular weight excluding hydrogens is 222 g/mol. The summed E-state index contributed by atoms with van der Waals surface area (Å²) in [7, 11) is 0. The summed E-state index contributed by atoms with van der Waals surface area (Å²) in [6.07, 6.45) is 1.70. The Balaban J connectivity index is 2.58. The van der Waals surface area contributed by atoms with Crippen molar-refractivity contribution in [1.82, 2.24) is 15.0 Å². The third-order valence-electron chi connectivity index (χ3n) is 2.36. The molecule has 4 nitrogen and oxygen atoms in total. The van der Waals surface area contributed by atoms with E-state index in [1.54, 1.807) is 6.20 Å². The number of nitrogens with zero attached hydrogens (tertiary/aromatic N) is 2. The minimum atomic E-state index is -0.0623. The monoisotopic (exact) mass is 235 g/mol. The van der Waals surface area contributed by atoms with E-state index in [9.17, 15) is 4.79 Å². The van der Waals surface area contributed by atoms with Gasteiger partial charge in [0.2, 0.25) is 0 Å². The highest BCUT2D eigenvalue weighted by atomic mass is 32.1. The van der Waals surface area contributed by atoms with Gasteiger partial charge in [-0.1, -0.05) is 13.8 Å². The zero-order valence-corrected chi connectivity index (χ0v) is 10.3. The van der Waals surface area contributed by atoms with Crippen LogP contribution >= 0.6 is 11.3 Å². The first-order valence-electron chi connectivity index (χ1n) is 5.10. The summed E-state index contributed by atoms with van der Waals surface area (Å²) in [5, 5.41) is 2.61. The number of aryl methyl sites for hydroxylation is 1. The van der Waals surface area contributed by atoms with E-state index in [0.717, 1.165) is 16.3 Å². The van der Waals surface area contributed by atoms with Crippen molar-refractivity contribution in [2.75, 3.05) is 0 Å². The molecule has 0 fully saturated rings. The van der Waals surface area contributed by atoms with Crippen LogP contribution in [0.15, 0.2) is 16.4 Å². The molecule has 0 unspecified atom stereocenters. The van der Waals surface area contributed by atoms with Crippen molar-refractivity contribution in [3.8, 4) is 10.8 Å². The molecule has 0 aliphatic carbocycles. The molecule has 84 valence electrons. The fourth-order valence-electron chi connectivity index (χ4n) is 1.72. The van der Waals surface area contributed by atoms with Crippen molar-refractivity contribution in [1.29, 1.82) is 0 Å². The molecule has 2 heterocycles. The van der Waals surface area contributed by atoms with Crippen molar-refractivity contribution in [2.45, 2.75) is 26.7 Å². The number of thiazole rings is 1. The molecule has 2 aromatic rings. The predicted molar refractivity (Wildman–Crippen MR) is 64.8 cm³/mol. The van der Waals surface area contributed by atoms with Crippen LogP contribution in [0.5, 0.6) is 0 Å². The average molecular weight is 235 g/mol. The fraction of sp³-hybridized carbons (Fsp3) is 0.364. The summed E-state index contributed by atoms with van der Waals surface area (Å²) in [6, 6.07) is 0. The van der Waals surface area contributed by atoms with E-state index in [4.69, 9.17) is 0 Å². The Hall–Kier alpha value is -1.49. The molecule has 0 saturated heterocycles. The summed E-state index contributed by atoms with van der Waals surface area (Å²) in [6.45, 7) is 5.84. The Morgan fingerprint density at radius 3 is 2.69 bits per heavy atom. The molecule has 2 aromatic heterocycles. The molecular formula is C11H13N3OS. The highest BCUT2D eigenvalue weighted by molar-refractivity contribution is 7.12. The minimum Gasteiger partial charge on any atom is -0.304 e. The number of H-pyrrole nitrogens is 1. The van der Waals surface area contributed by atoms with E-state index < -0.39 is 0 Å². The van der Waals surface area contributed by atoms with Crippen molar-refractivity contribution in [2.24, 2.45) is 0 Å². The highest BCUT2D eigenvalue weighted by Crippen LogP contribution is 2.19. The maximum Gasteiger partial charge on any atom is 0.254 e. The van der Waals surface area contributed by atoms with Crippen molar-refractivity contribution in [3.63, 3.8) is 0 Å². The van der Waals surface area contributed by atoms with Gasteiger partial charge < -0.3 is 4.98 Å². The van der Waals surface area contributed by atoms with E-state index in [1.807, 2.05) is 26.2 Å². The number of rotatable bonds is 2. The van der Waals surface area contributed by atoms with Gasteiger partial charge in [-0.05, 0) is 12.8 Å². The first-order valence-corrected chi connectivity index (χ1v) is 5.98. The molecule has 1 N–H and O–H groups in total. The molecule has 0 radical (unpaired) electrons. The average Bonchev–Trinajstić information content (AvgIpc) is 2.67. The van der Waals surface area contributed by atoms with E-state index in [-0.39, 0.29) is 11.5 Å².